The lowest BCUT2D eigenvalue weighted by Crippen LogP contribution is -2.33. The van der Waals surface area contributed by atoms with Gasteiger partial charge < -0.3 is 20.1 Å². The number of rotatable bonds is 7. The molecule has 1 saturated heterocycles. The van der Waals surface area contributed by atoms with E-state index in [-0.39, 0.29) is 18.0 Å². The summed E-state index contributed by atoms with van der Waals surface area (Å²) in [4.78, 5) is 19.4. The van der Waals surface area contributed by atoms with Crippen molar-refractivity contribution in [1.29, 1.82) is 0 Å². The van der Waals surface area contributed by atoms with Gasteiger partial charge in [0.05, 0.1) is 17.8 Å². The predicted molar refractivity (Wildman–Crippen MR) is 142 cm³/mol. The fourth-order valence-electron chi connectivity index (χ4n) is 4.51. The molecule has 176 valence electrons. The lowest BCUT2D eigenvalue weighted by molar-refractivity contribution is -0.116. The van der Waals surface area contributed by atoms with Gasteiger partial charge in [-0.15, -0.1) is 0 Å². The molecule has 0 spiro atoms. The summed E-state index contributed by atoms with van der Waals surface area (Å²) in [7, 11) is 0. The largest absolute Gasteiger partial charge is 0.352 e. The predicted octanol–water partition coefficient (Wildman–Crippen LogP) is 5.18. The Hall–Kier alpha value is -3.97. The Labute approximate surface area is 210 Å². The molecule has 0 saturated carbocycles. The topological polar surface area (TPSA) is 62.2 Å². The molecule has 3 heterocycles. The lowest BCUT2D eigenvalue weighted by atomic mass is 10.0. The smallest absolute Gasteiger partial charge is 0.226 e. The highest BCUT2D eigenvalue weighted by Gasteiger charge is 2.41. The van der Waals surface area contributed by atoms with Gasteiger partial charge >= 0.3 is 0 Å². The first kappa shape index (κ1) is 22.8. The fraction of sp³-hybridized carbons (Fsp3) is 0.179. The van der Waals surface area contributed by atoms with Crippen LogP contribution in [0.4, 0.5) is 5.69 Å². The molecule has 2 aromatic heterocycles. The molecule has 6 nitrogen and oxygen atoms in total. The number of aromatic nitrogens is 2. The van der Waals surface area contributed by atoms with E-state index in [1.165, 1.54) is 5.56 Å². The molecule has 1 aliphatic heterocycles. The molecule has 0 bridgehead atoms. The highest BCUT2D eigenvalue weighted by molar-refractivity contribution is 7.80. The lowest BCUT2D eigenvalue weighted by Gasteiger charge is -2.29. The van der Waals surface area contributed by atoms with E-state index in [4.69, 9.17) is 12.2 Å². The third kappa shape index (κ3) is 4.95. The summed E-state index contributed by atoms with van der Waals surface area (Å²) < 4.78 is 2.19. The Kier molecular flexibility index (Phi) is 6.59. The van der Waals surface area contributed by atoms with Crippen molar-refractivity contribution < 1.29 is 4.79 Å². The highest BCUT2D eigenvalue weighted by Crippen LogP contribution is 2.39. The van der Waals surface area contributed by atoms with E-state index in [2.05, 4.69) is 68.5 Å². The summed E-state index contributed by atoms with van der Waals surface area (Å²) in [5.74, 6) is -0.0482. The van der Waals surface area contributed by atoms with Crippen molar-refractivity contribution in [3.8, 4) is 5.69 Å². The maximum Gasteiger partial charge on any atom is 0.226 e. The van der Waals surface area contributed by atoms with Crippen LogP contribution in [0.25, 0.3) is 5.69 Å². The van der Waals surface area contributed by atoms with Crippen molar-refractivity contribution in [2.24, 2.45) is 0 Å². The minimum Gasteiger partial charge on any atom is -0.352 e. The number of pyridine rings is 1. The average molecular weight is 482 g/mol. The van der Waals surface area contributed by atoms with Gasteiger partial charge in [0.1, 0.15) is 0 Å². The zero-order valence-corrected chi connectivity index (χ0v) is 20.3. The number of nitrogens with zero attached hydrogens (tertiary/aromatic N) is 3. The molecule has 2 N–H and O–H groups in total. The van der Waals surface area contributed by atoms with Crippen molar-refractivity contribution in [2.45, 2.75) is 25.4 Å². The molecule has 0 aliphatic carbocycles. The second kappa shape index (κ2) is 10.1. The standard InChI is InChI=1S/C28H27N5OS/c1-20-12-14-22(15-13-20)32-18-7-11-24(32)27-26(23-10-5-6-17-29-23)31-28(35)33(27)19-16-25(34)30-21-8-3-2-4-9-21/h2-15,17-18,26-27H,16,19H2,1H3,(H,30,34)(H,31,35)/t26-,27-/m0/s1. The van der Waals surface area contributed by atoms with E-state index in [0.717, 1.165) is 22.8 Å². The van der Waals surface area contributed by atoms with Crippen molar-refractivity contribution >= 4 is 28.9 Å². The number of para-hydroxylation sites is 1. The number of hydrogen-bond acceptors (Lipinski definition) is 3. The van der Waals surface area contributed by atoms with Crippen LogP contribution in [0.3, 0.4) is 0 Å². The van der Waals surface area contributed by atoms with E-state index in [1.54, 1.807) is 6.20 Å². The number of thiocarbonyl (C=S) groups is 1. The average Bonchev–Trinajstić information content (AvgIpc) is 3.48. The van der Waals surface area contributed by atoms with Crippen LogP contribution >= 0.6 is 12.2 Å². The number of aryl methyl sites for hydroxylation is 1. The molecular formula is C28H27N5OS. The second-order valence-corrected chi connectivity index (χ2v) is 9.01. The molecule has 2 atom stereocenters. The number of nitrogens with one attached hydrogen (secondary N) is 2. The number of carbonyl (C=O) groups excluding carboxylic acids is 1. The molecule has 1 amide bonds. The summed E-state index contributed by atoms with van der Waals surface area (Å²) >= 11 is 5.77. The van der Waals surface area contributed by atoms with Crippen LogP contribution in [0.1, 0.15) is 35.5 Å². The number of carbonyl (C=O) groups is 1. The normalized spacial score (nSPS) is 17.3. The van der Waals surface area contributed by atoms with Crippen LogP contribution in [0.5, 0.6) is 0 Å². The summed E-state index contributed by atoms with van der Waals surface area (Å²) in [6, 6.07) is 27.8. The molecule has 7 heteroatoms. The number of amides is 1. The Morgan fingerprint density at radius 1 is 1.00 bits per heavy atom. The van der Waals surface area contributed by atoms with Gasteiger partial charge in [-0.25, -0.2) is 0 Å². The molecule has 1 fully saturated rings. The molecule has 4 aromatic rings. The SMILES string of the molecule is Cc1ccc(-n2cccc2[C@H]2[C@H](c3ccccn3)NC(=S)N2CCC(=O)Nc2ccccc2)cc1. The van der Waals surface area contributed by atoms with Gasteiger partial charge in [0, 0.05) is 42.4 Å². The summed E-state index contributed by atoms with van der Waals surface area (Å²) in [6.07, 6.45) is 4.18. The number of hydrogen-bond donors (Lipinski definition) is 2. The van der Waals surface area contributed by atoms with Gasteiger partial charge in [-0.3, -0.25) is 9.78 Å². The number of benzene rings is 2. The van der Waals surface area contributed by atoms with E-state index in [1.807, 2.05) is 54.6 Å². The van der Waals surface area contributed by atoms with Crippen LogP contribution in [-0.2, 0) is 4.79 Å². The van der Waals surface area contributed by atoms with Crippen LogP contribution in [0.2, 0.25) is 0 Å². The minimum absolute atomic E-state index is 0.0482. The van der Waals surface area contributed by atoms with Gasteiger partial charge in [-0.05, 0) is 67.7 Å². The quantitative estimate of drug-likeness (QED) is 0.356. The fourth-order valence-corrected chi connectivity index (χ4v) is 4.84. The minimum atomic E-state index is -0.139. The highest BCUT2D eigenvalue weighted by atomic mass is 32.1. The maximum absolute atomic E-state index is 12.7. The molecule has 35 heavy (non-hydrogen) atoms. The molecule has 0 unspecified atom stereocenters. The van der Waals surface area contributed by atoms with Gasteiger partial charge in [0.25, 0.3) is 0 Å². The zero-order chi connectivity index (χ0) is 24.2. The first-order valence-corrected chi connectivity index (χ1v) is 12.1. The Bertz CT molecular complexity index is 1300. The third-order valence-corrected chi connectivity index (χ3v) is 6.58. The zero-order valence-electron chi connectivity index (χ0n) is 19.5. The summed E-state index contributed by atoms with van der Waals surface area (Å²) in [5.41, 5.74) is 5.07. The van der Waals surface area contributed by atoms with E-state index in [0.29, 0.717) is 18.1 Å². The van der Waals surface area contributed by atoms with E-state index >= 15 is 0 Å². The summed E-state index contributed by atoms with van der Waals surface area (Å²) in [6.45, 7) is 2.57. The van der Waals surface area contributed by atoms with Gasteiger partial charge in [0.2, 0.25) is 5.91 Å². The maximum atomic E-state index is 12.7. The van der Waals surface area contributed by atoms with Crippen molar-refractivity contribution in [1.82, 2.24) is 19.8 Å². The second-order valence-electron chi connectivity index (χ2n) is 8.62. The first-order valence-electron chi connectivity index (χ1n) is 11.7. The van der Waals surface area contributed by atoms with Crippen LogP contribution < -0.4 is 10.6 Å². The molecule has 0 radical (unpaired) electrons. The van der Waals surface area contributed by atoms with Gasteiger partial charge in [-0.1, -0.05) is 42.0 Å². The Balaban J connectivity index is 1.45. The Morgan fingerprint density at radius 2 is 1.77 bits per heavy atom. The van der Waals surface area contributed by atoms with E-state index < -0.39 is 0 Å². The van der Waals surface area contributed by atoms with Crippen molar-refractivity contribution in [3.05, 3.63) is 114 Å². The molecule has 1 aliphatic rings. The molecule has 5 rings (SSSR count). The molecular weight excluding hydrogens is 454 g/mol. The molecule has 2 aromatic carbocycles. The Morgan fingerprint density at radius 3 is 2.51 bits per heavy atom. The van der Waals surface area contributed by atoms with E-state index in [9.17, 15) is 4.79 Å². The third-order valence-electron chi connectivity index (χ3n) is 6.23. The van der Waals surface area contributed by atoms with Gasteiger partial charge in [-0.2, -0.15) is 0 Å². The van der Waals surface area contributed by atoms with Crippen molar-refractivity contribution in [2.75, 3.05) is 11.9 Å². The van der Waals surface area contributed by atoms with Gasteiger partial charge in [0.15, 0.2) is 5.11 Å². The van der Waals surface area contributed by atoms with Crippen LogP contribution in [0, 0.1) is 6.92 Å². The monoisotopic (exact) mass is 481 g/mol. The number of anilines is 1. The van der Waals surface area contributed by atoms with Crippen LogP contribution in [0.15, 0.2) is 97.3 Å². The van der Waals surface area contributed by atoms with Crippen molar-refractivity contribution in [3.63, 3.8) is 0 Å². The van der Waals surface area contributed by atoms with Crippen LogP contribution in [-0.4, -0.2) is 32.0 Å². The first-order chi connectivity index (χ1) is 17.1. The summed E-state index contributed by atoms with van der Waals surface area (Å²) in [5, 5.41) is 7.06.